The van der Waals surface area contributed by atoms with Gasteiger partial charge >= 0.3 is 0 Å². The molecule has 1 N–H and O–H groups in total. The van der Waals surface area contributed by atoms with Gasteiger partial charge in [-0.15, -0.1) is 0 Å². The molecule has 4 rings (SSSR count). The molecule has 114 valence electrons. The third-order valence-corrected chi connectivity index (χ3v) is 6.30. The molecule has 2 unspecified atom stereocenters. The predicted molar refractivity (Wildman–Crippen MR) is 93.0 cm³/mol. The lowest BCUT2D eigenvalue weighted by Crippen LogP contribution is -2.43. The van der Waals surface area contributed by atoms with Crippen molar-refractivity contribution in [3.05, 3.63) is 11.1 Å². The second-order valence-electron chi connectivity index (χ2n) is 6.90. The minimum atomic E-state index is 0.0597. The maximum absolute atomic E-state index is 4.86. The highest BCUT2D eigenvalue weighted by Gasteiger charge is 2.36. The fourth-order valence-electron chi connectivity index (χ4n) is 3.43. The third-order valence-electron chi connectivity index (χ3n) is 4.45. The van der Waals surface area contributed by atoms with Crippen molar-refractivity contribution in [1.82, 2.24) is 10.2 Å². The van der Waals surface area contributed by atoms with E-state index in [2.05, 4.69) is 29.5 Å². The zero-order valence-corrected chi connectivity index (χ0v) is 14.3. The van der Waals surface area contributed by atoms with Crippen LogP contribution in [-0.2, 0) is 0 Å². The van der Waals surface area contributed by atoms with Crippen molar-refractivity contribution in [3.63, 3.8) is 0 Å². The molecule has 0 aromatic carbocycles. The molecule has 1 aliphatic carbocycles. The van der Waals surface area contributed by atoms with E-state index in [1.54, 1.807) is 11.8 Å². The van der Waals surface area contributed by atoms with Crippen LogP contribution >= 0.6 is 23.5 Å². The molecule has 0 spiro atoms. The monoisotopic (exact) mass is 322 g/mol. The maximum Gasteiger partial charge on any atom is 0.168 e. The Hall–Kier alpha value is -0.620. The number of nitrogens with zero attached hydrogens (tertiary/aromatic N) is 3. The van der Waals surface area contributed by atoms with Gasteiger partial charge in [0.25, 0.3) is 0 Å². The minimum Gasteiger partial charge on any atom is -0.362 e. The van der Waals surface area contributed by atoms with Gasteiger partial charge in [0.05, 0.1) is 11.6 Å². The average Bonchev–Trinajstić information content (AvgIpc) is 2.91. The van der Waals surface area contributed by atoms with Crippen LogP contribution in [0.3, 0.4) is 0 Å². The summed E-state index contributed by atoms with van der Waals surface area (Å²) >= 11 is 3.63. The molecule has 4 aliphatic rings. The van der Waals surface area contributed by atoms with Crippen molar-refractivity contribution in [2.75, 3.05) is 12.3 Å². The Morgan fingerprint density at radius 1 is 1.48 bits per heavy atom. The van der Waals surface area contributed by atoms with E-state index in [0.717, 1.165) is 17.5 Å². The Balaban J connectivity index is 1.38. The molecule has 1 saturated carbocycles. The molecule has 0 radical (unpaired) electrons. The fraction of sp³-hybridized carbons (Fsp3) is 0.733. The molecule has 21 heavy (non-hydrogen) atoms. The number of thioether (sulfide) groups is 2. The maximum atomic E-state index is 4.86. The summed E-state index contributed by atoms with van der Waals surface area (Å²) in [7, 11) is 0. The van der Waals surface area contributed by atoms with Gasteiger partial charge in [0.1, 0.15) is 0 Å². The van der Waals surface area contributed by atoms with Crippen LogP contribution in [0.5, 0.6) is 0 Å². The van der Waals surface area contributed by atoms with Crippen LogP contribution in [0.1, 0.15) is 39.5 Å². The molecule has 4 nitrogen and oxygen atoms in total. The van der Waals surface area contributed by atoms with Crippen molar-refractivity contribution in [2.24, 2.45) is 9.98 Å². The van der Waals surface area contributed by atoms with Crippen LogP contribution in [-0.4, -0.2) is 45.2 Å². The lowest BCUT2D eigenvalue weighted by molar-refractivity contribution is 0.355. The van der Waals surface area contributed by atoms with Gasteiger partial charge < -0.3 is 10.2 Å². The summed E-state index contributed by atoms with van der Waals surface area (Å²) in [5.74, 6) is 0.993. The summed E-state index contributed by atoms with van der Waals surface area (Å²) in [6, 6.07) is 1.24. The molecular formula is C15H22N4S2. The van der Waals surface area contributed by atoms with Crippen LogP contribution in [0.25, 0.3) is 0 Å². The molecule has 0 aromatic heterocycles. The number of aliphatic imine (C=N–C) groups is 2. The first-order chi connectivity index (χ1) is 10.1. The molecule has 2 atom stereocenters. The van der Waals surface area contributed by atoms with Crippen LogP contribution in [0.2, 0.25) is 0 Å². The van der Waals surface area contributed by atoms with E-state index in [9.17, 15) is 0 Å². The summed E-state index contributed by atoms with van der Waals surface area (Å²) in [5.41, 5.74) is 1.44. The van der Waals surface area contributed by atoms with Crippen LogP contribution in [0.4, 0.5) is 0 Å². The largest absolute Gasteiger partial charge is 0.362 e. The Morgan fingerprint density at radius 3 is 3.24 bits per heavy atom. The number of rotatable bonds is 2. The normalized spacial score (nSPS) is 33.0. The molecule has 0 saturated heterocycles. The van der Waals surface area contributed by atoms with E-state index < -0.39 is 0 Å². The van der Waals surface area contributed by atoms with Crippen LogP contribution in [0.15, 0.2) is 21.1 Å². The van der Waals surface area contributed by atoms with Gasteiger partial charge in [-0.25, -0.2) is 0 Å². The first-order valence-electron chi connectivity index (χ1n) is 7.79. The van der Waals surface area contributed by atoms with Gasteiger partial charge in [0.2, 0.25) is 0 Å². The standard InChI is InChI=1S/C15H22N4S2/c1-15(2)9-19-12(8-21-14(19)18-15)7-20-13-16-10-4-3-5-11(6-10)17-13/h8,10-11H,3-7,9H2,1-2H3,(H,16,17). The highest BCUT2D eigenvalue weighted by Crippen LogP contribution is 2.37. The summed E-state index contributed by atoms with van der Waals surface area (Å²) < 4.78 is 0. The SMILES string of the molecule is CC1(C)CN2C(CSC3=NC4CCCC(C4)N3)=CSC2=N1. The van der Waals surface area contributed by atoms with E-state index in [-0.39, 0.29) is 5.54 Å². The molecule has 0 amide bonds. The van der Waals surface area contributed by atoms with Crippen molar-refractivity contribution in [3.8, 4) is 0 Å². The van der Waals surface area contributed by atoms with Crippen molar-refractivity contribution < 1.29 is 0 Å². The van der Waals surface area contributed by atoms with Gasteiger partial charge in [0, 0.05) is 24.0 Å². The second-order valence-corrected chi connectivity index (χ2v) is 8.71. The Labute approximate surface area is 134 Å². The average molecular weight is 323 g/mol. The van der Waals surface area contributed by atoms with Gasteiger partial charge in [-0.1, -0.05) is 23.5 Å². The molecule has 1 fully saturated rings. The smallest absolute Gasteiger partial charge is 0.168 e. The number of hydrogen-bond donors (Lipinski definition) is 1. The first kappa shape index (κ1) is 14.0. The van der Waals surface area contributed by atoms with E-state index in [4.69, 9.17) is 9.98 Å². The number of fused-ring (bicyclic) bond motifs is 3. The lowest BCUT2D eigenvalue weighted by atomic mass is 9.90. The van der Waals surface area contributed by atoms with E-state index >= 15 is 0 Å². The summed E-state index contributed by atoms with van der Waals surface area (Å²) in [5, 5.41) is 8.20. The van der Waals surface area contributed by atoms with Gasteiger partial charge in [0.15, 0.2) is 10.3 Å². The molecule has 0 aromatic rings. The van der Waals surface area contributed by atoms with Crippen molar-refractivity contribution in [2.45, 2.75) is 57.2 Å². The zero-order valence-electron chi connectivity index (χ0n) is 12.6. The summed E-state index contributed by atoms with van der Waals surface area (Å²) in [6.07, 6.45) is 5.15. The summed E-state index contributed by atoms with van der Waals surface area (Å²) in [4.78, 5) is 12.0. The molecule has 3 heterocycles. The fourth-order valence-corrected chi connectivity index (χ4v) is 5.59. The second kappa shape index (κ2) is 5.23. The van der Waals surface area contributed by atoms with Gasteiger partial charge in [-0.3, -0.25) is 9.98 Å². The lowest BCUT2D eigenvalue weighted by Gasteiger charge is -2.33. The van der Waals surface area contributed by atoms with Gasteiger partial charge in [-0.2, -0.15) is 0 Å². The number of hydrogen-bond acceptors (Lipinski definition) is 6. The minimum absolute atomic E-state index is 0.0597. The zero-order chi connectivity index (χ0) is 14.4. The van der Waals surface area contributed by atoms with Crippen LogP contribution in [0, 0.1) is 0 Å². The Bertz CT molecular complexity index is 538. The molecule has 6 heteroatoms. The third kappa shape index (κ3) is 2.84. The van der Waals surface area contributed by atoms with E-state index in [1.807, 2.05) is 11.8 Å². The van der Waals surface area contributed by atoms with E-state index in [1.165, 1.54) is 36.5 Å². The predicted octanol–water partition coefficient (Wildman–Crippen LogP) is 3.03. The van der Waals surface area contributed by atoms with Crippen molar-refractivity contribution in [1.29, 1.82) is 0 Å². The van der Waals surface area contributed by atoms with Crippen LogP contribution < -0.4 is 5.32 Å². The molecular weight excluding hydrogens is 300 g/mol. The topological polar surface area (TPSA) is 40.0 Å². The van der Waals surface area contributed by atoms with Crippen molar-refractivity contribution >= 4 is 33.9 Å². The number of nitrogens with one attached hydrogen (secondary N) is 1. The highest BCUT2D eigenvalue weighted by atomic mass is 32.2. The Kier molecular flexibility index (Phi) is 3.49. The highest BCUT2D eigenvalue weighted by molar-refractivity contribution is 8.17. The molecule has 2 bridgehead atoms. The quantitative estimate of drug-likeness (QED) is 0.848. The Morgan fingerprint density at radius 2 is 2.38 bits per heavy atom. The number of amidine groups is 2. The van der Waals surface area contributed by atoms with Gasteiger partial charge in [-0.05, 0) is 44.9 Å². The molecule has 3 aliphatic heterocycles. The summed E-state index contributed by atoms with van der Waals surface area (Å²) in [6.45, 7) is 5.42. The first-order valence-corrected chi connectivity index (χ1v) is 9.66. The van der Waals surface area contributed by atoms with E-state index in [0.29, 0.717) is 12.1 Å².